The number of piperidine rings is 2. The van der Waals surface area contributed by atoms with Gasteiger partial charge in [0.25, 0.3) is 0 Å². The maximum absolute atomic E-state index is 13.2. The highest BCUT2D eigenvalue weighted by molar-refractivity contribution is 7.82. The SMILES string of the molecule is Cn1nc(N2CCC(=O)NC2=O)c2ccc(C3CCN(CC(C)(C)Cc4cccc(S(=O)N5CCC(N)CC5)c4)CC3)cc21. The molecule has 0 radical (unpaired) electrons. The van der Waals surface area contributed by atoms with Crippen molar-refractivity contribution in [3.8, 4) is 0 Å². The maximum Gasteiger partial charge on any atom is 0.329 e. The van der Waals surface area contributed by atoms with E-state index in [2.05, 4.69) is 63.8 Å². The number of aromatic nitrogens is 2. The Morgan fingerprint density at radius 3 is 2.48 bits per heavy atom. The Balaban J connectivity index is 1.05. The molecule has 0 saturated carbocycles. The second kappa shape index (κ2) is 12.7. The number of hydrogen-bond donors (Lipinski definition) is 2. The summed E-state index contributed by atoms with van der Waals surface area (Å²) >= 11 is 0. The first-order valence-electron chi connectivity index (χ1n) is 15.9. The molecule has 1 aromatic heterocycles. The number of nitrogens with zero attached hydrogens (tertiary/aromatic N) is 5. The molecule has 1 atom stereocenters. The number of rotatable bonds is 8. The molecule has 0 aliphatic carbocycles. The van der Waals surface area contributed by atoms with E-state index < -0.39 is 17.0 Å². The molecule has 10 nitrogen and oxygen atoms in total. The third kappa shape index (κ3) is 6.75. The number of urea groups is 1. The van der Waals surface area contributed by atoms with E-state index in [1.807, 2.05) is 23.9 Å². The lowest BCUT2D eigenvalue weighted by Gasteiger charge is -2.38. The molecule has 236 valence electrons. The van der Waals surface area contributed by atoms with Gasteiger partial charge in [-0.05, 0) is 91.9 Å². The van der Waals surface area contributed by atoms with Crippen molar-refractivity contribution < 1.29 is 13.8 Å². The second-order valence-corrected chi connectivity index (χ2v) is 15.0. The van der Waals surface area contributed by atoms with E-state index in [9.17, 15) is 13.8 Å². The Kier molecular flexibility index (Phi) is 8.92. The lowest BCUT2D eigenvalue weighted by Crippen LogP contribution is -2.49. The molecule has 0 spiro atoms. The van der Waals surface area contributed by atoms with Crippen LogP contribution in [0.4, 0.5) is 10.6 Å². The molecule has 3 aliphatic rings. The summed E-state index contributed by atoms with van der Waals surface area (Å²) in [6.07, 6.45) is 5.20. The highest BCUT2D eigenvalue weighted by Crippen LogP contribution is 2.35. The summed E-state index contributed by atoms with van der Waals surface area (Å²) in [4.78, 5) is 29.1. The summed E-state index contributed by atoms with van der Waals surface area (Å²) in [5.41, 5.74) is 9.68. The largest absolute Gasteiger partial charge is 0.329 e. The summed E-state index contributed by atoms with van der Waals surface area (Å²) in [6.45, 7) is 9.70. The van der Waals surface area contributed by atoms with Gasteiger partial charge >= 0.3 is 6.03 Å². The number of hydrogen-bond acceptors (Lipinski definition) is 6. The van der Waals surface area contributed by atoms with Crippen molar-refractivity contribution in [2.45, 2.75) is 69.2 Å². The number of fused-ring (bicyclic) bond motifs is 1. The monoisotopic (exact) mass is 619 g/mol. The number of likely N-dealkylation sites (tertiary alicyclic amines) is 1. The topological polar surface area (TPSA) is 117 Å². The van der Waals surface area contributed by atoms with Crippen LogP contribution in [-0.4, -0.2) is 80.4 Å². The van der Waals surface area contributed by atoms with E-state index in [1.165, 1.54) is 11.1 Å². The molecule has 4 heterocycles. The van der Waals surface area contributed by atoms with Gasteiger partial charge in [-0.1, -0.05) is 32.0 Å². The van der Waals surface area contributed by atoms with Gasteiger partial charge in [0, 0.05) is 51.1 Å². The van der Waals surface area contributed by atoms with Crippen LogP contribution in [0.25, 0.3) is 10.9 Å². The van der Waals surface area contributed by atoms with Crippen molar-refractivity contribution in [2.24, 2.45) is 18.2 Å². The third-order valence-corrected chi connectivity index (χ3v) is 10.9. The van der Waals surface area contributed by atoms with E-state index in [1.54, 1.807) is 4.90 Å². The minimum absolute atomic E-state index is 0.0836. The first-order valence-corrected chi connectivity index (χ1v) is 17.0. The fraction of sp³-hybridized carbons (Fsp3) is 0.545. The zero-order valence-corrected chi connectivity index (χ0v) is 26.9. The van der Waals surface area contributed by atoms with Crippen LogP contribution in [0.2, 0.25) is 0 Å². The maximum atomic E-state index is 13.2. The van der Waals surface area contributed by atoms with Gasteiger partial charge < -0.3 is 10.6 Å². The van der Waals surface area contributed by atoms with Crippen molar-refractivity contribution in [2.75, 3.05) is 44.2 Å². The zero-order valence-electron chi connectivity index (χ0n) is 26.1. The summed E-state index contributed by atoms with van der Waals surface area (Å²) in [5.74, 6) is 0.832. The quantitative estimate of drug-likeness (QED) is 0.395. The molecule has 0 bridgehead atoms. The number of amides is 3. The van der Waals surface area contributed by atoms with E-state index in [4.69, 9.17) is 5.73 Å². The summed E-state index contributed by atoms with van der Waals surface area (Å²) in [5, 5.41) is 7.96. The van der Waals surface area contributed by atoms with E-state index in [-0.39, 0.29) is 23.8 Å². The zero-order chi connectivity index (χ0) is 31.0. The van der Waals surface area contributed by atoms with Crippen molar-refractivity contribution in [3.05, 3.63) is 53.6 Å². The Morgan fingerprint density at radius 2 is 1.75 bits per heavy atom. The molecule has 3 aromatic rings. The Bertz CT molecular complexity index is 1550. The van der Waals surface area contributed by atoms with Crippen molar-refractivity contribution in [1.82, 2.24) is 24.3 Å². The van der Waals surface area contributed by atoms with Gasteiger partial charge in [-0.3, -0.25) is 19.7 Å². The van der Waals surface area contributed by atoms with Gasteiger partial charge in [0.2, 0.25) is 5.91 Å². The molecule has 44 heavy (non-hydrogen) atoms. The van der Waals surface area contributed by atoms with Crippen molar-refractivity contribution in [1.29, 1.82) is 0 Å². The lowest BCUT2D eigenvalue weighted by molar-refractivity contribution is -0.120. The number of imide groups is 1. The van der Waals surface area contributed by atoms with Crippen LogP contribution in [0.15, 0.2) is 47.4 Å². The predicted molar refractivity (Wildman–Crippen MR) is 174 cm³/mol. The van der Waals surface area contributed by atoms with Crippen LogP contribution in [0, 0.1) is 5.41 Å². The van der Waals surface area contributed by atoms with Gasteiger partial charge in [0.05, 0.1) is 10.4 Å². The van der Waals surface area contributed by atoms with Crippen LogP contribution in [0.5, 0.6) is 0 Å². The first-order chi connectivity index (χ1) is 21.1. The molecule has 3 fully saturated rings. The van der Waals surface area contributed by atoms with Crippen LogP contribution in [0.1, 0.15) is 63.0 Å². The van der Waals surface area contributed by atoms with Crippen molar-refractivity contribution >= 4 is 39.6 Å². The summed E-state index contributed by atoms with van der Waals surface area (Å²) < 4.78 is 17.1. The highest BCUT2D eigenvalue weighted by Gasteiger charge is 2.30. The number of carbonyl (C=O) groups is 2. The summed E-state index contributed by atoms with van der Waals surface area (Å²) in [7, 11) is 0.771. The Labute approximate surface area is 262 Å². The fourth-order valence-corrected chi connectivity index (χ4v) is 8.36. The average molecular weight is 620 g/mol. The summed E-state index contributed by atoms with van der Waals surface area (Å²) in [6, 6.07) is 14.6. The molecule has 3 aliphatic heterocycles. The third-order valence-electron chi connectivity index (χ3n) is 9.39. The second-order valence-electron chi connectivity index (χ2n) is 13.5. The average Bonchev–Trinajstić information content (AvgIpc) is 3.32. The van der Waals surface area contributed by atoms with Gasteiger partial charge in [-0.25, -0.2) is 13.3 Å². The molecule has 2 aromatic carbocycles. The molecule has 3 amide bonds. The normalized spacial score (nSPS) is 20.8. The Morgan fingerprint density at radius 1 is 1.00 bits per heavy atom. The number of nitrogens with two attached hydrogens (primary N) is 1. The van der Waals surface area contributed by atoms with Crippen LogP contribution < -0.4 is 16.0 Å². The van der Waals surface area contributed by atoms with Gasteiger partial charge in [0.1, 0.15) is 11.0 Å². The van der Waals surface area contributed by atoms with E-state index >= 15 is 0 Å². The van der Waals surface area contributed by atoms with Crippen LogP contribution >= 0.6 is 0 Å². The molecule has 11 heteroatoms. The number of carbonyl (C=O) groups excluding carboxylic acids is 2. The number of aryl methyl sites for hydroxylation is 1. The standard InChI is InChI=1S/C33H45N7O3S/c1-33(2,21-23-5-4-6-27(19-23)44(43)39-16-11-26(34)12-17-39)22-38-14-9-24(10-15-38)25-7-8-28-29(20-25)37(3)36-31(28)40-18-13-30(41)35-32(40)42/h4-8,19-20,24,26H,9-18,21-22,34H2,1-3H3,(H,35,41,42). The molecular formula is C33H45N7O3S. The minimum Gasteiger partial charge on any atom is -0.328 e. The van der Waals surface area contributed by atoms with Crippen LogP contribution in [0.3, 0.4) is 0 Å². The molecular weight excluding hydrogens is 574 g/mol. The van der Waals surface area contributed by atoms with Gasteiger partial charge in [-0.15, -0.1) is 0 Å². The predicted octanol–water partition coefficient (Wildman–Crippen LogP) is 3.91. The van der Waals surface area contributed by atoms with E-state index in [0.29, 0.717) is 18.3 Å². The molecule has 1 unspecified atom stereocenters. The smallest absolute Gasteiger partial charge is 0.328 e. The molecule has 3 saturated heterocycles. The minimum atomic E-state index is -1.14. The van der Waals surface area contributed by atoms with Crippen molar-refractivity contribution in [3.63, 3.8) is 0 Å². The highest BCUT2D eigenvalue weighted by atomic mass is 32.2. The molecule has 6 rings (SSSR count). The number of nitrogens with one attached hydrogen (secondary N) is 1. The number of benzene rings is 2. The lowest BCUT2D eigenvalue weighted by atomic mass is 9.83. The van der Waals surface area contributed by atoms with Gasteiger partial charge in [0.15, 0.2) is 5.82 Å². The van der Waals surface area contributed by atoms with Crippen LogP contribution in [-0.2, 0) is 29.2 Å². The first kappa shape index (κ1) is 30.9. The number of anilines is 1. The Hall–Kier alpha value is -3.12. The van der Waals surface area contributed by atoms with Gasteiger partial charge in [-0.2, -0.15) is 5.10 Å². The molecule has 3 N–H and O–H groups in total. The van der Waals surface area contributed by atoms with E-state index in [0.717, 1.165) is 80.6 Å². The fourth-order valence-electron chi connectivity index (χ4n) is 7.07.